The van der Waals surface area contributed by atoms with Gasteiger partial charge in [0, 0.05) is 19.9 Å². The van der Waals surface area contributed by atoms with Crippen molar-refractivity contribution < 1.29 is 9.09 Å². The Morgan fingerprint density at radius 2 is 2.00 bits per heavy atom. The van der Waals surface area contributed by atoms with Crippen molar-refractivity contribution in [3.8, 4) is 0 Å². The van der Waals surface area contributed by atoms with Crippen molar-refractivity contribution in [2.24, 2.45) is 4.99 Å². The van der Waals surface area contributed by atoms with Gasteiger partial charge in [0.1, 0.15) is 0 Å². The van der Waals surface area contributed by atoms with E-state index in [1.165, 1.54) is 18.2 Å². The summed E-state index contributed by atoms with van der Waals surface area (Å²) in [5, 5.41) is 0. The Bertz CT molecular complexity index is 412. The number of benzene rings is 1. The SMILES string of the molecule is COP(C)(=O)CCC=NCc1ccc(C)cc1. The molecule has 1 rings (SSSR count). The molecule has 3 nitrogen and oxygen atoms in total. The van der Waals surface area contributed by atoms with Crippen molar-refractivity contribution in [1.29, 1.82) is 0 Å². The van der Waals surface area contributed by atoms with Crippen LogP contribution in [0.4, 0.5) is 0 Å². The summed E-state index contributed by atoms with van der Waals surface area (Å²) in [5.41, 5.74) is 2.45. The molecule has 0 saturated carbocycles. The summed E-state index contributed by atoms with van der Waals surface area (Å²) in [6.45, 7) is 4.40. The molecule has 0 radical (unpaired) electrons. The second kappa shape index (κ2) is 6.73. The van der Waals surface area contributed by atoms with E-state index in [-0.39, 0.29) is 0 Å². The summed E-state index contributed by atoms with van der Waals surface area (Å²) in [7, 11) is -0.893. The average Bonchev–Trinajstić information content (AvgIpc) is 2.31. The van der Waals surface area contributed by atoms with E-state index < -0.39 is 7.37 Å². The summed E-state index contributed by atoms with van der Waals surface area (Å²) in [4.78, 5) is 4.31. The van der Waals surface area contributed by atoms with Crippen LogP contribution in [0.1, 0.15) is 17.5 Å². The lowest BCUT2D eigenvalue weighted by atomic mass is 10.1. The smallest absolute Gasteiger partial charge is 0.200 e. The van der Waals surface area contributed by atoms with E-state index >= 15 is 0 Å². The molecule has 0 aliphatic heterocycles. The van der Waals surface area contributed by atoms with Crippen LogP contribution in [0, 0.1) is 6.92 Å². The standard InChI is InChI=1S/C13H20NO2P/c1-12-5-7-13(8-6-12)11-14-9-4-10-17(3,15)16-2/h5-9H,4,10-11H2,1-3H3. The van der Waals surface area contributed by atoms with Gasteiger partial charge in [-0.1, -0.05) is 29.8 Å². The first-order chi connectivity index (χ1) is 8.03. The zero-order chi connectivity index (χ0) is 12.7. The highest BCUT2D eigenvalue weighted by Gasteiger charge is 2.11. The van der Waals surface area contributed by atoms with Crippen molar-refractivity contribution in [2.45, 2.75) is 19.9 Å². The molecule has 1 atom stereocenters. The van der Waals surface area contributed by atoms with Crippen molar-refractivity contribution in [2.75, 3.05) is 19.9 Å². The molecule has 0 amide bonds. The Morgan fingerprint density at radius 3 is 2.59 bits per heavy atom. The second-order valence-corrected chi connectivity index (χ2v) is 7.06. The highest BCUT2D eigenvalue weighted by Crippen LogP contribution is 2.41. The quantitative estimate of drug-likeness (QED) is 0.574. The van der Waals surface area contributed by atoms with Gasteiger partial charge in [-0.25, -0.2) is 0 Å². The lowest BCUT2D eigenvalue weighted by Gasteiger charge is -2.07. The predicted octanol–water partition coefficient (Wildman–Crippen LogP) is 3.51. The zero-order valence-corrected chi connectivity index (χ0v) is 11.6. The first-order valence-electron chi connectivity index (χ1n) is 5.69. The molecule has 4 heteroatoms. The van der Waals surface area contributed by atoms with E-state index in [1.807, 2.05) is 6.21 Å². The minimum Gasteiger partial charge on any atom is -0.332 e. The lowest BCUT2D eigenvalue weighted by Crippen LogP contribution is -1.91. The van der Waals surface area contributed by atoms with Crippen LogP contribution in [-0.2, 0) is 15.6 Å². The fourth-order valence-electron chi connectivity index (χ4n) is 1.34. The van der Waals surface area contributed by atoms with Gasteiger partial charge in [0.05, 0.1) is 6.54 Å². The fraction of sp³-hybridized carbons (Fsp3) is 0.462. The van der Waals surface area contributed by atoms with Gasteiger partial charge in [-0.3, -0.25) is 9.56 Å². The lowest BCUT2D eigenvalue weighted by molar-refractivity contribution is 0.399. The van der Waals surface area contributed by atoms with Gasteiger partial charge in [-0.05, 0) is 25.1 Å². The number of hydrogen-bond acceptors (Lipinski definition) is 3. The van der Waals surface area contributed by atoms with Crippen molar-refractivity contribution >= 4 is 13.6 Å². The van der Waals surface area contributed by atoms with Crippen molar-refractivity contribution in [1.82, 2.24) is 0 Å². The van der Waals surface area contributed by atoms with Gasteiger partial charge in [0.25, 0.3) is 0 Å². The molecule has 94 valence electrons. The van der Waals surface area contributed by atoms with Gasteiger partial charge >= 0.3 is 0 Å². The molecule has 0 heterocycles. The molecule has 1 aromatic carbocycles. The van der Waals surface area contributed by atoms with Gasteiger partial charge in [0.15, 0.2) is 7.37 Å². The Labute approximate surface area is 103 Å². The molecule has 0 spiro atoms. The Hall–Kier alpha value is -0.920. The summed E-state index contributed by atoms with van der Waals surface area (Å²) in [6.07, 6.45) is 3.09. The molecule has 0 fully saturated rings. The molecule has 1 unspecified atom stereocenters. The number of aryl methyl sites for hydroxylation is 1. The van der Waals surface area contributed by atoms with E-state index in [4.69, 9.17) is 4.52 Å². The molecular weight excluding hydrogens is 233 g/mol. The molecular formula is C13H20NO2P. The van der Waals surface area contributed by atoms with E-state index in [0.717, 1.165) is 0 Å². The normalized spacial score (nSPS) is 15.0. The third-order valence-corrected chi connectivity index (χ3v) is 4.42. The van der Waals surface area contributed by atoms with Crippen LogP contribution in [0.2, 0.25) is 0 Å². The zero-order valence-electron chi connectivity index (χ0n) is 10.7. The van der Waals surface area contributed by atoms with Crippen LogP contribution in [0.3, 0.4) is 0 Å². The maximum atomic E-state index is 11.6. The topological polar surface area (TPSA) is 38.7 Å². The Balaban J connectivity index is 2.31. The third kappa shape index (κ3) is 5.81. The summed E-state index contributed by atoms with van der Waals surface area (Å²) in [5.74, 6) is 0. The van der Waals surface area contributed by atoms with Crippen molar-refractivity contribution in [3.05, 3.63) is 35.4 Å². The van der Waals surface area contributed by atoms with E-state index in [2.05, 4.69) is 36.2 Å². The summed E-state index contributed by atoms with van der Waals surface area (Å²) >= 11 is 0. The largest absolute Gasteiger partial charge is 0.332 e. The molecule has 0 aliphatic rings. The minimum absolute atomic E-state index is 0.556. The van der Waals surface area contributed by atoms with E-state index in [9.17, 15) is 4.57 Å². The van der Waals surface area contributed by atoms with Crippen LogP contribution in [0.15, 0.2) is 29.3 Å². The maximum absolute atomic E-state index is 11.6. The Kier molecular flexibility index (Phi) is 5.60. The molecule has 0 bridgehead atoms. The van der Waals surface area contributed by atoms with Gasteiger partial charge in [-0.15, -0.1) is 0 Å². The number of nitrogens with zero attached hydrogens (tertiary/aromatic N) is 1. The molecule has 0 aromatic heterocycles. The first kappa shape index (κ1) is 14.1. The second-order valence-electron chi connectivity index (χ2n) is 4.22. The molecule has 0 saturated heterocycles. The molecule has 0 aliphatic carbocycles. The van der Waals surface area contributed by atoms with Crippen LogP contribution in [0.5, 0.6) is 0 Å². The van der Waals surface area contributed by atoms with Gasteiger partial charge in [0.2, 0.25) is 0 Å². The fourth-order valence-corrected chi connectivity index (χ4v) is 2.11. The van der Waals surface area contributed by atoms with Crippen LogP contribution in [0.25, 0.3) is 0 Å². The van der Waals surface area contributed by atoms with Gasteiger partial charge in [-0.2, -0.15) is 0 Å². The number of hydrogen-bond donors (Lipinski definition) is 0. The van der Waals surface area contributed by atoms with Crippen LogP contribution in [-0.4, -0.2) is 26.2 Å². The summed E-state index contributed by atoms with van der Waals surface area (Å²) in [6, 6.07) is 8.31. The molecule has 0 N–H and O–H groups in total. The Morgan fingerprint density at radius 1 is 1.35 bits per heavy atom. The van der Waals surface area contributed by atoms with Crippen LogP contribution >= 0.6 is 7.37 Å². The predicted molar refractivity (Wildman–Crippen MR) is 73.4 cm³/mol. The highest BCUT2D eigenvalue weighted by atomic mass is 31.2. The first-order valence-corrected chi connectivity index (χ1v) is 7.95. The van der Waals surface area contributed by atoms with Gasteiger partial charge < -0.3 is 4.52 Å². The third-order valence-electron chi connectivity index (χ3n) is 2.57. The van der Waals surface area contributed by atoms with Crippen LogP contribution < -0.4 is 0 Å². The van der Waals surface area contributed by atoms with E-state index in [0.29, 0.717) is 19.1 Å². The maximum Gasteiger partial charge on any atom is 0.200 e. The number of aliphatic imine (C=N–C) groups is 1. The van der Waals surface area contributed by atoms with Crippen molar-refractivity contribution in [3.63, 3.8) is 0 Å². The average molecular weight is 253 g/mol. The highest BCUT2D eigenvalue weighted by molar-refractivity contribution is 7.58. The summed E-state index contributed by atoms with van der Waals surface area (Å²) < 4.78 is 16.5. The molecule has 1 aromatic rings. The molecule has 17 heavy (non-hydrogen) atoms. The monoisotopic (exact) mass is 253 g/mol. The number of rotatable bonds is 6. The minimum atomic E-state index is -2.38. The van der Waals surface area contributed by atoms with E-state index in [1.54, 1.807) is 6.66 Å².